The Hall–Kier alpha value is -2.53. The molecule has 0 aliphatic heterocycles. The Labute approximate surface area is 139 Å². The Morgan fingerprint density at radius 3 is 2.39 bits per heavy atom. The number of para-hydroxylation sites is 1. The van der Waals surface area contributed by atoms with E-state index in [1.807, 2.05) is 6.07 Å². The van der Waals surface area contributed by atoms with Gasteiger partial charge in [0.1, 0.15) is 5.75 Å². The van der Waals surface area contributed by atoms with Crippen LogP contribution in [-0.2, 0) is 14.3 Å². The summed E-state index contributed by atoms with van der Waals surface area (Å²) in [6.45, 7) is 1.17. The Kier molecular flexibility index (Phi) is 6.00. The van der Waals surface area contributed by atoms with Gasteiger partial charge in [-0.15, -0.1) is 0 Å². The van der Waals surface area contributed by atoms with Crippen molar-refractivity contribution in [1.82, 2.24) is 0 Å². The molecule has 1 N–H and O–H groups in total. The molecule has 2 rings (SSSR count). The van der Waals surface area contributed by atoms with Crippen LogP contribution in [0.3, 0.4) is 0 Å². The van der Waals surface area contributed by atoms with Crippen LogP contribution in [0.15, 0.2) is 54.6 Å². The molecule has 0 bridgehead atoms. The first kappa shape index (κ1) is 16.8. The van der Waals surface area contributed by atoms with Crippen molar-refractivity contribution >= 4 is 29.2 Å². The van der Waals surface area contributed by atoms with Gasteiger partial charge in [0.25, 0.3) is 5.91 Å². The summed E-state index contributed by atoms with van der Waals surface area (Å²) in [6.07, 6.45) is -0.833. The van der Waals surface area contributed by atoms with Gasteiger partial charge in [-0.1, -0.05) is 29.8 Å². The smallest absolute Gasteiger partial charge is 0.347 e. The van der Waals surface area contributed by atoms with E-state index in [1.165, 1.54) is 0 Å². The van der Waals surface area contributed by atoms with Crippen LogP contribution in [0, 0.1) is 0 Å². The number of rotatable bonds is 6. The first-order valence-electron chi connectivity index (χ1n) is 6.98. The zero-order valence-corrected chi connectivity index (χ0v) is 13.2. The molecule has 0 spiro atoms. The third kappa shape index (κ3) is 5.64. The van der Waals surface area contributed by atoms with E-state index in [0.29, 0.717) is 16.5 Å². The second-order valence-corrected chi connectivity index (χ2v) is 5.17. The van der Waals surface area contributed by atoms with Gasteiger partial charge in [-0.25, -0.2) is 4.79 Å². The monoisotopic (exact) mass is 333 g/mol. The van der Waals surface area contributed by atoms with Gasteiger partial charge < -0.3 is 14.8 Å². The van der Waals surface area contributed by atoms with Gasteiger partial charge in [0.2, 0.25) is 0 Å². The highest BCUT2D eigenvalue weighted by Gasteiger charge is 2.17. The molecule has 0 radical (unpaired) electrons. The highest BCUT2D eigenvalue weighted by atomic mass is 35.5. The molecule has 0 aromatic heterocycles. The van der Waals surface area contributed by atoms with Crippen LogP contribution in [-0.4, -0.2) is 24.6 Å². The molecule has 23 heavy (non-hydrogen) atoms. The fraction of sp³-hybridized carbons (Fsp3) is 0.176. The van der Waals surface area contributed by atoms with Crippen LogP contribution < -0.4 is 10.1 Å². The maximum absolute atomic E-state index is 11.8. The van der Waals surface area contributed by atoms with Crippen molar-refractivity contribution in [3.05, 3.63) is 59.6 Å². The average molecular weight is 334 g/mol. The highest BCUT2D eigenvalue weighted by Crippen LogP contribution is 2.17. The van der Waals surface area contributed by atoms with Crippen molar-refractivity contribution in [3.8, 4) is 5.75 Å². The molecule has 5 nitrogen and oxygen atoms in total. The molecule has 0 saturated carbocycles. The topological polar surface area (TPSA) is 64.6 Å². The lowest BCUT2D eigenvalue weighted by molar-refractivity contribution is -0.153. The van der Waals surface area contributed by atoms with Crippen molar-refractivity contribution in [2.75, 3.05) is 11.9 Å². The Bertz CT molecular complexity index is 658. The van der Waals surface area contributed by atoms with E-state index in [2.05, 4.69) is 5.32 Å². The second-order valence-electron chi connectivity index (χ2n) is 4.74. The van der Waals surface area contributed by atoms with E-state index in [-0.39, 0.29) is 6.61 Å². The number of hydrogen-bond donors (Lipinski definition) is 1. The maximum atomic E-state index is 11.8. The number of benzene rings is 2. The zero-order chi connectivity index (χ0) is 16.7. The Balaban J connectivity index is 1.77. The summed E-state index contributed by atoms with van der Waals surface area (Å²) in [7, 11) is 0. The standard InChI is InChI=1S/C17H16ClNO4/c1-12(23-15-9-7-13(18)8-10-15)17(21)22-11-16(20)19-14-5-3-2-4-6-14/h2-10,12H,11H2,1H3,(H,19,20). The van der Waals surface area contributed by atoms with Crippen LogP contribution in [0.4, 0.5) is 5.69 Å². The highest BCUT2D eigenvalue weighted by molar-refractivity contribution is 6.30. The number of carbonyl (C=O) groups is 2. The predicted octanol–water partition coefficient (Wildman–Crippen LogP) is 3.29. The molecule has 0 heterocycles. The Morgan fingerprint density at radius 2 is 1.74 bits per heavy atom. The lowest BCUT2D eigenvalue weighted by Gasteiger charge is -2.14. The summed E-state index contributed by atoms with van der Waals surface area (Å²) < 4.78 is 10.3. The quantitative estimate of drug-likeness (QED) is 0.824. The molecule has 2 aromatic rings. The van der Waals surface area contributed by atoms with Gasteiger partial charge in [-0.05, 0) is 43.3 Å². The largest absolute Gasteiger partial charge is 0.479 e. The minimum Gasteiger partial charge on any atom is -0.479 e. The van der Waals surface area contributed by atoms with E-state index in [1.54, 1.807) is 55.5 Å². The minimum absolute atomic E-state index is 0.373. The number of nitrogens with one attached hydrogen (secondary N) is 1. The summed E-state index contributed by atoms with van der Waals surface area (Å²) in [4.78, 5) is 23.5. The van der Waals surface area contributed by atoms with E-state index >= 15 is 0 Å². The molecule has 0 aliphatic rings. The van der Waals surface area contributed by atoms with Gasteiger partial charge in [0.15, 0.2) is 12.7 Å². The van der Waals surface area contributed by atoms with Crippen LogP contribution >= 0.6 is 11.6 Å². The van der Waals surface area contributed by atoms with E-state index in [0.717, 1.165) is 0 Å². The normalized spacial score (nSPS) is 11.4. The molecular formula is C17H16ClNO4. The van der Waals surface area contributed by atoms with Crippen molar-refractivity contribution in [2.24, 2.45) is 0 Å². The number of ether oxygens (including phenoxy) is 2. The fourth-order valence-corrected chi connectivity index (χ4v) is 1.86. The van der Waals surface area contributed by atoms with Gasteiger partial charge in [-0.2, -0.15) is 0 Å². The van der Waals surface area contributed by atoms with Gasteiger partial charge >= 0.3 is 5.97 Å². The molecular weight excluding hydrogens is 318 g/mol. The van der Waals surface area contributed by atoms with Crippen molar-refractivity contribution in [1.29, 1.82) is 0 Å². The SMILES string of the molecule is CC(Oc1ccc(Cl)cc1)C(=O)OCC(=O)Nc1ccccc1. The Morgan fingerprint density at radius 1 is 1.09 bits per heavy atom. The first-order chi connectivity index (χ1) is 11.0. The third-order valence-electron chi connectivity index (χ3n) is 2.86. The number of halogens is 1. The predicted molar refractivity (Wildman–Crippen MR) is 87.6 cm³/mol. The van der Waals surface area contributed by atoms with Crippen molar-refractivity contribution in [3.63, 3.8) is 0 Å². The van der Waals surface area contributed by atoms with Gasteiger partial charge in [-0.3, -0.25) is 4.79 Å². The van der Waals surface area contributed by atoms with Crippen LogP contribution in [0.25, 0.3) is 0 Å². The van der Waals surface area contributed by atoms with Crippen LogP contribution in [0.2, 0.25) is 5.02 Å². The van der Waals surface area contributed by atoms with Gasteiger partial charge in [0.05, 0.1) is 0 Å². The van der Waals surface area contributed by atoms with E-state index in [4.69, 9.17) is 21.1 Å². The molecule has 2 aromatic carbocycles. The second kappa shape index (κ2) is 8.19. The number of esters is 1. The molecule has 6 heteroatoms. The molecule has 1 unspecified atom stereocenters. The number of amides is 1. The summed E-state index contributed by atoms with van der Waals surface area (Å²) in [5.74, 6) is -0.543. The van der Waals surface area contributed by atoms with Crippen LogP contribution in [0.1, 0.15) is 6.92 Å². The number of anilines is 1. The van der Waals surface area contributed by atoms with E-state index < -0.39 is 18.0 Å². The maximum Gasteiger partial charge on any atom is 0.347 e. The fourth-order valence-electron chi connectivity index (χ4n) is 1.74. The molecule has 0 saturated heterocycles. The summed E-state index contributed by atoms with van der Waals surface area (Å²) in [5.41, 5.74) is 0.638. The van der Waals surface area contributed by atoms with Crippen molar-refractivity contribution < 1.29 is 19.1 Å². The lowest BCUT2D eigenvalue weighted by Crippen LogP contribution is -2.29. The molecule has 1 amide bonds. The molecule has 0 aliphatic carbocycles. The van der Waals surface area contributed by atoms with Crippen molar-refractivity contribution in [2.45, 2.75) is 13.0 Å². The summed E-state index contributed by atoms with van der Waals surface area (Å²) >= 11 is 5.77. The zero-order valence-electron chi connectivity index (χ0n) is 12.5. The lowest BCUT2D eigenvalue weighted by atomic mass is 10.3. The van der Waals surface area contributed by atoms with Crippen LogP contribution in [0.5, 0.6) is 5.75 Å². The first-order valence-corrected chi connectivity index (χ1v) is 7.36. The van der Waals surface area contributed by atoms with Gasteiger partial charge in [0, 0.05) is 10.7 Å². The third-order valence-corrected chi connectivity index (χ3v) is 3.11. The summed E-state index contributed by atoms with van der Waals surface area (Å²) in [6, 6.07) is 15.5. The summed E-state index contributed by atoms with van der Waals surface area (Å²) in [5, 5.41) is 3.19. The number of carbonyl (C=O) groups excluding carboxylic acids is 2. The minimum atomic E-state index is -0.833. The average Bonchev–Trinajstić information content (AvgIpc) is 2.55. The molecule has 120 valence electrons. The molecule has 1 atom stereocenters. The van der Waals surface area contributed by atoms with E-state index in [9.17, 15) is 9.59 Å². The number of hydrogen-bond acceptors (Lipinski definition) is 4. The molecule has 0 fully saturated rings.